The summed E-state index contributed by atoms with van der Waals surface area (Å²) in [6.07, 6.45) is 0. The molecule has 0 fully saturated rings. The first-order valence-corrected chi connectivity index (χ1v) is 6.86. The van der Waals surface area contributed by atoms with E-state index in [-0.39, 0.29) is 11.9 Å². The van der Waals surface area contributed by atoms with E-state index in [0.717, 1.165) is 5.56 Å². The molecule has 2 N–H and O–H groups in total. The Labute approximate surface area is 124 Å². The molecule has 0 radical (unpaired) electrons. The Balaban J connectivity index is 1.86. The molecule has 0 saturated heterocycles. The molecule has 0 saturated carbocycles. The average molecular weight is 289 g/mol. The molecule has 20 heavy (non-hydrogen) atoms. The molecule has 0 bridgehead atoms. The highest BCUT2D eigenvalue weighted by Crippen LogP contribution is 2.15. The molecule has 0 aliphatic carbocycles. The van der Waals surface area contributed by atoms with Crippen LogP contribution in [0.2, 0.25) is 5.02 Å². The maximum absolute atomic E-state index is 12.0. The largest absolute Gasteiger partial charge is 0.325 e. The molecule has 0 spiro atoms. The lowest BCUT2D eigenvalue weighted by Crippen LogP contribution is -2.37. The Hall–Kier alpha value is -1.84. The van der Waals surface area contributed by atoms with Crippen molar-refractivity contribution >= 4 is 23.2 Å². The third kappa shape index (κ3) is 4.37. The normalized spacial score (nSPS) is 11.9. The summed E-state index contributed by atoms with van der Waals surface area (Å²) >= 11 is 5.88. The fourth-order valence-electron chi connectivity index (χ4n) is 1.78. The van der Waals surface area contributed by atoms with Gasteiger partial charge < -0.3 is 10.6 Å². The molecule has 0 heterocycles. The second-order valence-electron chi connectivity index (χ2n) is 4.59. The summed E-state index contributed by atoms with van der Waals surface area (Å²) in [5.74, 6) is -0.0804. The zero-order chi connectivity index (χ0) is 14.4. The number of amides is 1. The van der Waals surface area contributed by atoms with Gasteiger partial charge in [0.1, 0.15) is 0 Å². The minimum absolute atomic E-state index is 0.0804. The Morgan fingerprint density at radius 1 is 1.15 bits per heavy atom. The van der Waals surface area contributed by atoms with Gasteiger partial charge in [0.05, 0.1) is 6.04 Å². The average Bonchev–Trinajstić information content (AvgIpc) is 2.46. The van der Waals surface area contributed by atoms with Crippen LogP contribution in [0.3, 0.4) is 0 Å². The highest BCUT2D eigenvalue weighted by molar-refractivity contribution is 6.30. The van der Waals surface area contributed by atoms with Crippen molar-refractivity contribution in [2.45, 2.75) is 19.5 Å². The van der Waals surface area contributed by atoms with Gasteiger partial charge in [-0.1, -0.05) is 48.0 Å². The van der Waals surface area contributed by atoms with E-state index in [2.05, 4.69) is 10.6 Å². The molecule has 0 aliphatic heterocycles. The second-order valence-corrected chi connectivity index (χ2v) is 5.02. The molecule has 104 valence electrons. The standard InChI is InChI=1S/C16H17ClN2O/c1-12(18-11-13-6-3-2-4-7-13)16(20)19-15-9-5-8-14(17)10-15/h2-10,12,18H,11H2,1H3,(H,19,20)/t12-/m1/s1. The van der Waals surface area contributed by atoms with Gasteiger partial charge in [-0.3, -0.25) is 4.79 Å². The Morgan fingerprint density at radius 3 is 2.60 bits per heavy atom. The Kier molecular flexibility index (Phi) is 5.16. The van der Waals surface area contributed by atoms with Crippen LogP contribution in [-0.4, -0.2) is 11.9 Å². The van der Waals surface area contributed by atoms with E-state index >= 15 is 0 Å². The Bertz CT molecular complexity index is 572. The summed E-state index contributed by atoms with van der Waals surface area (Å²) in [6.45, 7) is 2.49. The molecule has 1 amide bonds. The topological polar surface area (TPSA) is 41.1 Å². The van der Waals surface area contributed by atoms with Crippen LogP contribution in [0.5, 0.6) is 0 Å². The number of hydrogen-bond acceptors (Lipinski definition) is 2. The molecular formula is C16H17ClN2O. The van der Waals surface area contributed by atoms with E-state index in [1.54, 1.807) is 18.2 Å². The van der Waals surface area contributed by atoms with E-state index in [4.69, 9.17) is 11.6 Å². The van der Waals surface area contributed by atoms with Gasteiger partial charge >= 0.3 is 0 Å². The quantitative estimate of drug-likeness (QED) is 0.885. The van der Waals surface area contributed by atoms with Crippen molar-refractivity contribution in [3.05, 3.63) is 65.2 Å². The first-order chi connectivity index (χ1) is 9.65. The SMILES string of the molecule is C[C@@H](NCc1ccccc1)C(=O)Nc1cccc(Cl)c1. The van der Waals surface area contributed by atoms with Crippen molar-refractivity contribution in [1.29, 1.82) is 0 Å². The van der Waals surface area contributed by atoms with Crippen molar-refractivity contribution in [3.63, 3.8) is 0 Å². The Morgan fingerprint density at radius 2 is 1.90 bits per heavy atom. The van der Waals surface area contributed by atoms with Crippen molar-refractivity contribution < 1.29 is 4.79 Å². The zero-order valence-electron chi connectivity index (χ0n) is 11.3. The highest BCUT2D eigenvalue weighted by atomic mass is 35.5. The van der Waals surface area contributed by atoms with Crippen molar-refractivity contribution in [2.24, 2.45) is 0 Å². The molecule has 4 heteroatoms. The third-order valence-corrected chi connectivity index (χ3v) is 3.18. The number of rotatable bonds is 5. The van der Waals surface area contributed by atoms with E-state index in [0.29, 0.717) is 17.3 Å². The molecule has 2 aromatic carbocycles. The van der Waals surface area contributed by atoms with Gasteiger partial charge in [0.2, 0.25) is 5.91 Å². The van der Waals surface area contributed by atoms with Crippen molar-refractivity contribution in [2.75, 3.05) is 5.32 Å². The number of benzene rings is 2. The van der Waals surface area contributed by atoms with E-state index in [1.807, 2.05) is 43.3 Å². The summed E-state index contributed by atoms with van der Waals surface area (Å²) in [7, 11) is 0. The minimum Gasteiger partial charge on any atom is -0.325 e. The summed E-state index contributed by atoms with van der Waals surface area (Å²) in [4.78, 5) is 12.0. The van der Waals surface area contributed by atoms with E-state index < -0.39 is 0 Å². The molecule has 3 nitrogen and oxygen atoms in total. The minimum atomic E-state index is -0.283. The lowest BCUT2D eigenvalue weighted by atomic mass is 10.2. The smallest absolute Gasteiger partial charge is 0.241 e. The first-order valence-electron chi connectivity index (χ1n) is 6.49. The van der Waals surface area contributed by atoms with Gasteiger partial charge in [0, 0.05) is 17.3 Å². The molecule has 2 aromatic rings. The van der Waals surface area contributed by atoms with Crippen LogP contribution in [0, 0.1) is 0 Å². The summed E-state index contributed by atoms with van der Waals surface area (Å²) in [6, 6.07) is 16.8. The lowest BCUT2D eigenvalue weighted by molar-refractivity contribution is -0.117. The maximum Gasteiger partial charge on any atom is 0.241 e. The lowest BCUT2D eigenvalue weighted by Gasteiger charge is -2.14. The predicted molar refractivity (Wildman–Crippen MR) is 82.8 cm³/mol. The monoisotopic (exact) mass is 288 g/mol. The van der Waals surface area contributed by atoms with Crippen LogP contribution in [-0.2, 0) is 11.3 Å². The van der Waals surface area contributed by atoms with E-state index in [9.17, 15) is 4.79 Å². The number of anilines is 1. The fraction of sp³-hybridized carbons (Fsp3) is 0.188. The number of nitrogens with one attached hydrogen (secondary N) is 2. The number of carbonyl (C=O) groups excluding carboxylic acids is 1. The summed E-state index contributed by atoms with van der Waals surface area (Å²) in [5.41, 5.74) is 1.85. The molecule has 0 aliphatic rings. The third-order valence-electron chi connectivity index (χ3n) is 2.94. The maximum atomic E-state index is 12.0. The van der Waals surface area contributed by atoms with Gasteiger partial charge in [-0.15, -0.1) is 0 Å². The predicted octanol–water partition coefficient (Wildman–Crippen LogP) is 3.46. The molecule has 2 rings (SSSR count). The first kappa shape index (κ1) is 14.6. The highest BCUT2D eigenvalue weighted by Gasteiger charge is 2.12. The molecule has 1 atom stereocenters. The van der Waals surface area contributed by atoms with Gasteiger partial charge in [0.15, 0.2) is 0 Å². The second kappa shape index (κ2) is 7.08. The zero-order valence-corrected chi connectivity index (χ0v) is 12.0. The van der Waals surface area contributed by atoms with Crippen LogP contribution in [0.4, 0.5) is 5.69 Å². The van der Waals surface area contributed by atoms with Crippen LogP contribution in [0.15, 0.2) is 54.6 Å². The number of halogens is 1. The fourth-order valence-corrected chi connectivity index (χ4v) is 1.97. The summed E-state index contributed by atoms with van der Waals surface area (Å²) < 4.78 is 0. The van der Waals surface area contributed by atoms with Crippen molar-refractivity contribution in [3.8, 4) is 0 Å². The summed E-state index contributed by atoms with van der Waals surface area (Å²) in [5, 5.41) is 6.63. The van der Waals surface area contributed by atoms with Gasteiger partial charge in [0.25, 0.3) is 0 Å². The van der Waals surface area contributed by atoms with Gasteiger partial charge in [-0.05, 0) is 30.7 Å². The van der Waals surface area contributed by atoms with E-state index in [1.165, 1.54) is 0 Å². The van der Waals surface area contributed by atoms with Crippen LogP contribution in [0.25, 0.3) is 0 Å². The number of carbonyl (C=O) groups is 1. The molecule has 0 unspecified atom stereocenters. The molecular weight excluding hydrogens is 272 g/mol. The van der Waals surface area contributed by atoms with Crippen LogP contribution in [0.1, 0.15) is 12.5 Å². The van der Waals surface area contributed by atoms with Gasteiger partial charge in [-0.2, -0.15) is 0 Å². The van der Waals surface area contributed by atoms with Crippen molar-refractivity contribution in [1.82, 2.24) is 5.32 Å². The van der Waals surface area contributed by atoms with Crippen LogP contribution >= 0.6 is 11.6 Å². The van der Waals surface area contributed by atoms with Gasteiger partial charge in [-0.25, -0.2) is 0 Å². The molecule has 0 aromatic heterocycles. The van der Waals surface area contributed by atoms with Crippen LogP contribution < -0.4 is 10.6 Å². The number of hydrogen-bond donors (Lipinski definition) is 2.